The van der Waals surface area contributed by atoms with Gasteiger partial charge in [0.25, 0.3) is 0 Å². The number of para-hydroxylation sites is 1. The van der Waals surface area contributed by atoms with Crippen molar-refractivity contribution >= 4 is 16.7 Å². The number of carbonyl (C=O) groups excluding carboxylic acids is 1. The third-order valence-corrected chi connectivity index (χ3v) is 1.98. The zero-order chi connectivity index (χ0) is 9.26. The molecule has 0 unspecified atom stereocenters. The minimum absolute atomic E-state index is 0.0730. The van der Waals surface area contributed by atoms with Gasteiger partial charge in [0, 0.05) is 10.9 Å². The zero-order valence-electron chi connectivity index (χ0n) is 7.08. The fourth-order valence-corrected chi connectivity index (χ4v) is 1.32. The van der Waals surface area contributed by atoms with Gasteiger partial charge in [-0.25, -0.2) is 0 Å². The monoisotopic (exact) mass is 171 g/mol. The van der Waals surface area contributed by atoms with Crippen LogP contribution in [0.5, 0.6) is 0 Å². The van der Waals surface area contributed by atoms with Crippen LogP contribution in [0, 0.1) is 0 Å². The van der Waals surface area contributed by atoms with Gasteiger partial charge in [0.1, 0.15) is 0 Å². The van der Waals surface area contributed by atoms with E-state index in [1.54, 1.807) is 0 Å². The van der Waals surface area contributed by atoms with Gasteiger partial charge in [-0.1, -0.05) is 24.8 Å². The van der Waals surface area contributed by atoms with Crippen molar-refractivity contribution in [3.8, 4) is 0 Å². The molecule has 1 aromatic heterocycles. The van der Waals surface area contributed by atoms with Gasteiger partial charge in [-0.3, -0.25) is 4.79 Å². The van der Waals surface area contributed by atoms with E-state index in [-0.39, 0.29) is 5.78 Å². The maximum Gasteiger partial charge on any atom is 0.201 e. The molecular formula is C11H9NO. The van der Waals surface area contributed by atoms with Crippen molar-refractivity contribution in [2.75, 3.05) is 0 Å². The van der Waals surface area contributed by atoms with Crippen LogP contribution < -0.4 is 0 Å². The minimum atomic E-state index is -0.0730. The van der Waals surface area contributed by atoms with E-state index in [0.29, 0.717) is 5.69 Å². The van der Waals surface area contributed by atoms with E-state index in [2.05, 4.69) is 11.6 Å². The van der Waals surface area contributed by atoms with Crippen molar-refractivity contribution in [3.05, 3.63) is 48.7 Å². The summed E-state index contributed by atoms with van der Waals surface area (Å²) in [5, 5.41) is 1.05. The number of nitrogens with one attached hydrogen (secondary N) is 1. The van der Waals surface area contributed by atoms with Crippen molar-refractivity contribution in [3.63, 3.8) is 0 Å². The van der Waals surface area contributed by atoms with Crippen molar-refractivity contribution < 1.29 is 4.79 Å². The van der Waals surface area contributed by atoms with Crippen LogP contribution in [0.4, 0.5) is 0 Å². The number of hydrogen-bond donors (Lipinski definition) is 1. The summed E-state index contributed by atoms with van der Waals surface area (Å²) in [5.41, 5.74) is 1.57. The van der Waals surface area contributed by atoms with Gasteiger partial charge < -0.3 is 4.98 Å². The number of aromatic amines is 1. The summed E-state index contributed by atoms with van der Waals surface area (Å²) >= 11 is 0. The Kier molecular flexibility index (Phi) is 1.74. The van der Waals surface area contributed by atoms with Crippen molar-refractivity contribution in [1.29, 1.82) is 0 Å². The Bertz CT molecular complexity index is 435. The molecule has 1 N–H and O–H groups in total. The molecule has 0 atom stereocenters. The molecule has 0 aliphatic carbocycles. The first-order valence-corrected chi connectivity index (χ1v) is 4.06. The molecule has 13 heavy (non-hydrogen) atoms. The molecule has 64 valence electrons. The van der Waals surface area contributed by atoms with Gasteiger partial charge >= 0.3 is 0 Å². The Hall–Kier alpha value is -1.83. The van der Waals surface area contributed by atoms with E-state index in [9.17, 15) is 4.79 Å². The van der Waals surface area contributed by atoms with Gasteiger partial charge in [-0.05, 0) is 18.2 Å². The lowest BCUT2D eigenvalue weighted by Crippen LogP contribution is -1.92. The van der Waals surface area contributed by atoms with E-state index in [1.165, 1.54) is 6.08 Å². The lowest BCUT2D eigenvalue weighted by atomic mass is 10.2. The van der Waals surface area contributed by atoms with Crippen LogP contribution in [0.15, 0.2) is 43.0 Å². The van der Waals surface area contributed by atoms with Gasteiger partial charge in [0.2, 0.25) is 5.78 Å². The van der Waals surface area contributed by atoms with E-state index in [1.807, 2.05) is 30.3 Å². The van der Waals surface area contributed by atoms with Crippen molar-refractivity contribution in [2.24, 2.45) is 0 Å². The molecule has 0 amide bonds. The molecule has 2 heteroatoms. The molecule has 1 heterocycles. The van der Waals surface area contributed by atoms with Crippen LogP contribution in [0.1, 0.15) is 10.5 Å². The summed E-state index contributed by atoms with van der Waals surface area (Å²) in [5.74, 6) is -0.0730. The third-order valence-electron chi connectivity index (χ3n) is 1.98. The highest BCUT2D eigenvalue weighted by Crippen LogP contribution is 2.14. The molecule has 2 aromatic rings. The van der Waals surface area contributed by atoms with Crippen LogP contribution >= 0.6 is 0 Å². The summed E-state index contributed by atoms with van der Waals surface area (Å²) in [6.45, 7) is 3.44. The van der Waals surface area contributed by atoms with Gasteiger partial charge in [-0.15, -0.1) is 0 Å². The Morgan fingerprint density at radius 3 is 2.85 bits per heavy atom. The number of allylic oxidation sites excluding steroid dienone is 1. The second-order valence-electron chi connectivity index (χ2n) is 2.84. The van der Waals surface area contributed by atoms with Gasteiger partial charge in [-0.2, -0.15) is 0 Å². The molecular weight excluding hydrogens is 162 g/mol. The Morgan fingerprint density at radius 1 is 1.38 bits per heavy atom. The molecule has 0 radical (unpaired) electrons. The molecule has 0 fully saturated rings. The molecule has 2 nitrogen and oxygen atoms in total. The average Bonchev–Trinajstić information content (AvgIpc) is 2.59. The first-order chi connectivity index (χ1) is 6.31. The van der Waals surface area contributed by atoms with Crippen molar-refractivity contribution in [2.45, 2.75) is 0 Å². The lowest BCUT2D eigenvalue weighted by molar-refractivity contribution is 0.104. The molecule has 0 aliphatic rings. The molecule has 2 rings (SSSR count). The highest BCUT2D eigenvalue weighted by Gasteiger charge is 2.04. The number of benzene rings is 1. The Morgan fingerprint density at radius 2 is 2.15 bits per heavy atom. The number of fused-ring (bicyclic) bond motifs is 1. The Balaban J connectivity index is 2.62. The van der Waals surface area contributed by atoms with Crippen LogP contribution in [0.2, 0.25) is 0 Å². The SMILES string of the molecule is C=CC(=O)c1cc2ccccc2[nH]1. The van der Waals surface area contributed by atoms with E-state index >= 15 is 0 Å². The lowest BCUT2D eigenvalue weighted by Gasteiger charge is -1.86. The third kappa shape index (κ3) is 1.26. The van der Waals surface area contributed by atoms with E-state index < -0.39 is 0 Å². The number of rotatable bonds is 2. The first kappa shape index (κ1) is 7.80. The topological polar surface area (TPSA) is 32.9 Å². The fraction of sp³-hybridized carbons (Fsp3) is 0. The average molecular weight is 171 g/mol. The standard InChI is InChI=1S/C11H9NO/c1-2-11(13)10-7-8-5-3-4-6-9(8)12-10/h2-7,12H,1H2. The predicted octanol–water partition coefficient (Wildman–Crippen LogP) is 2.54. The number of ketones is 1. The Labute approximate surface area is 75.9 Å². The normalized spacial score (nSPS) is 10.2. The second-order valence-corrected chi connectivity index (χ2v) is 2.84. The largest absolute Gasteiger partial charge is 0.352 e. The molecule has 1 aromatic carbocycles. The first-order valence-electron chi connectivity index (χ1n) is 4.06. The maximum atomic E-state index is 11.2. The van der Waals surface area contributed by atoms with Crippen molar-refractivity contribution in [1.82, 2.24) is 4.98 Å². The summed E-state index contributed by atoms with van der Waals surface area (Å²) in [7, 11) is 0. The van der Waals surface area contributed by atoms with Crippen LogP contribution in [-0.4, -0.2) is 10.8 Å². The highest BCUT2D eigenvalue weighted by molar-refractivity contribution is 6.05. The second kappa shape index (κ2) is 2.90. The molecule has 0 aliphatic heterocycles. The van der Waals surface area contributed by atoms with Crippen LogP contribution in [0.3, 0.4) is 0 Å². The van der Waals surface area contributed by atoms with Crippen LogP contribution in [-0.2, 0) is 0 Å². The van der Waals surface area contributed by atoms with Crippen LogP contribution in [0.25, 0.3) is 10.9 Å². The summed E-state index contributed by atoms with van der Waals surface area (Å²) in [4.78, 5) is 14.3. The molecule has 0 spiro atoms. The fourth-order valence-electron chi connectivity index (χ4n) is 1.32. The van der Waals surface area contributed by atoms with E-state index in [0.717, 1.165) is 10.9 Å². The van der Waals surface area contributed by atoms with Gasteiger partial charge in [0.15, 0.2) is 0 Å². The quantitative estimate of drug-likeness (QED) is 0.546. The number of hydrogen-bond acceptors (Lipinski definition) is 1. The zero-order valence-corrected chi connectivity index (χ0v) is 7.08. The smallest absolute Gasteiger partial charge is 0.201 e. The maximum absolute atomic E-state index is 11.2. The number of aromatic nitrogens is 1. The summed E-state index contributed by atoms with van der Waals surface area (Å²) in [6.07, 6.45) is 1.31. The molecule has 0 saturated carbocycles. The predicted molar refractivity (Wildman–Crippen MR) is 52.8 cm³/mol. The molecule has 0 bridgehead atoms. The summed E-state index contributed by atoms with van der Waals surface area (Å²) < 4.78 is 0. The number of carbonyl (C=O) groups is 1. The van der Waals surface area contributed by atoms with Gasteiger partial charge in [0.05, 0.1) is 5.69 Å². The summed E-state index contributed by atoms with van der Waals surface area (Å²) in [6, 6.07) is 9.61. The highest BCUT2D eigenvalue weighted by atomic mass is 16.1. The number of H-pyrrole nitrogens is 1. The minimum Gasteiger partial charge on any atom is -0.352 e. The molecule has 0 saturated heterocycles. The van der Waals surface area contributed by atoms with E-state index in [4.69, 9.17) is 0 Å².